The van der Waals surface area contributed by atoms with E-state index < -0.39 is 0 Å². The average Bonchev–Trinajstić information content (AvgIpc) is 3.88. The van der Waals surface area contributed by atoms with Crippen molar-refractivity contribution in [3.63, 3.8) is 0 Å². The van der Waals surface area contributed by atoms with E-state index in [2.05, 4.69) is 89.7 Å². The maximum absolute atomic E-state index is 11.1. The third-order valence-corrected chi connectivity index (χ3v) is 13.0. The van der Waals surface area contributed by atoms with Crippen molar-refractivity contribution >= 4 is 43.6 Å². The fraction of sp³-hybridized carbons (Fsp3) is 0.138. The predicted molar refractivity (Wildman–Crippen MR) is 283 cm³/mol. The van der Waals surface area contributed by atoms with Crippen molar-refractivity contribution in [2.24, 2.45) is 0 Å². The molecule has 0 saturated heterocycles. The standard InChI is InChI=1S/C58H42N16/c1-29-61-30(2)66-55(65-29)40-12-16-48-44(23-40)45-24-41(56-67-31(3)62-32(4)68-56)13-17-49(45)73(48)52-21-38(28-60)22-53(54(52)39-11-9-10-37(20-39)27-59)74-50-18-14-42(57-69-33(5)63-34(6)70-57)25-46(50)47-26-43(15-19-51(47)74)58-71-35(7)64-36(8)72-58/h9-26H,1-8H3. The van der Waals surface area contributed by atoms with Crippen LogP contribution in [-0.2, 0) is 0 Å². The fourth-order valence-corrected chi connectivity index (χ4v) is 10.2. The zero-order valence-corrected chi connectivity index (χ0v) is 41.5. The number of aryl methyl sites for hydroxylation is 8. The van der Waals surface area contributed by atoms with Gasteiger partial charge in [0.2, 0.25) is 0 Å². The van der Waals surface area contributed by atoms with Gasteiger partial charge in [-0.25, -0.2) is 59.8 Å². The highest BCUT2D eigenvalue weighted by Gasteiger charge is 2.26. The van der Waals surface area contributed by atoms with Gasteiger partial charge in [0, 0.05) is 49.4 Å². The topological polar surface area (TPSA) is 212 Å². The Morgan fingerprint density at radius 2 is 0.608 bits per heavy atom. The van der Waals surface area contributed by atoms with Gasteiger partial charge in [-0.1, -0.05) is 12.1 Å². The molecule has 74 heavy (non-hydrogen) atoms. The van der Waals surface area contributed by atoms with Crippen LogP contribution in [-0.4, -0.2) is 68.9 Å². The van der Waals surface area contributed by atoms with Crippen LogP contribution in [0.4, 0.5) is 0 Å². The van der Waals surface area contributed by atoms with Crippen LogP contribution in [0.2, 0.25) is 0 Å². The lowest BCUT2D eigenvalue weighted by Gasteiger charge is -2.21. The molecule has 0 aliphatic rings. The highest BCUT2D eigenvalue weighted by Crippen LogP contribution is 2.45. The first-order chi connectivity index (χ1) is 35.8. The van der Waals surface area contributed by atoms with Crippen molar-refractivity contribution in [3.05, 3.63) is 167 Å². The summed E-state index contributed by atoms with van der Waals surface area (Å²) in [7, 11) is 0. The normalized spacial score (nSPS) is 11.5. The monoisotopic (exact) mass is 962 g/mol. The molecule has 354 valence electrons. The molecule has 0 radical (unpaired) electrons. The minimum Gasteiger partial charge on any atom is -0.308 e. The van der Waals surface area contributed by atoms with E-state index in [1.807, 2.05) is 110 Å². The van der Waals surface area contributed by atoms with Crippen molar-refractivity contribution < 1.29 is 0 Å². The van der Waals surface area contributed by atoms with Gasteiger partial charge in [0.25, 0.3) is 0 Å². The van der Waals surface area contributed by atoms with E-state index in [-0.39, 0.29) is 0 Å². The van der Waals surface area contributed by atoms with E-state index in [1.54, 1.807) is 6.07 Å². The number of hydrogen-bond donors (Lipinski definition) is 0. The number of nitrogens with zero attached hydrogens (tertiary/aromatic N) is 16. The predicted octanol–water partition coefficient (Wildman–Crippen LogP) is 11.2. The van der Waals surface area contributed by atoms with Crippen LogP contribution in [0.3, 0.4) is 0 Å². The highest BCUT2D eigenvalue weighted by molar-refractivity contribution is 6.14. The number of nitriles is 2. The summed E-state index contributed by atoms with van der Waals surface area (Å²) in [5, 5.41) is 25.2. The Labute approximate surface area is 423 Å². The van der Waals surface area contributed by atoms with Crippen LogP contribution in [0.1, 0.15) is 57.7 Å². The highest BCUT2D eigenvalue weighted by atomic mass is 15.1. The maximum atomic E-state index is 11.1. The van der Waals surface area contributed by atoms with Gasteiger partial charge in [-0.3, -0.25) is 0 Å². The molecular formula is C58H42N16. The quantitative estimate of drug-likeness (QED) is 0.145. The van der Waals surface area contributed by atoms with Crippen LogP contribution < -0.4 is 0 Å². The van der Waals surface area contributed by atoms with Crippen molar-refractivity contribution in [1.29, 1.82) is 10.5 Å². The first kappa shape index (κ1) is 45.1. The Kier molecular flexibility index (Phi) is 10.6. The molecule has 16 heteroatoms. The van der Waals surface area contributed by atoms with Gasteiger partial charge >= 0.3 is 0 Å². The first-order valence-corrected chi connectivity index (χ1v) is 23.8. The lowest BCUT2D eigenvalue weighted by Crippen LogP contribution is -2.05. The second-order valence-electron chi connectivity index (χ2n) is 18.3. The van der Waals surface area contributed by atoms with Gasteiger partial charge in [0.05, 0.1) is 56.7 Å². The summed E-state index contributed by atoms with van der Waals surface area (Å²) in [6.45, 7) is 14.9. The molecule has 0 spiro atoms. The van der Waals surface area contributed by atoms with Gasteiger partial charge in [-0.2, -0.15) is 10.5 Å². The zero-order valence-electron chi connectivity index (χ0n) is 41.5. The summed E-state index contributed by atoms with van der Waals surface area (Å²) >= 11 is 0. The Morgan fingerprint density at radius 3 is 0.892 bits per heavy atom. The van der Waals surface area contributed by atoms with Crippen molar-refractivity contribution in [2.45, 2.75) is 55.4 Å². The van der Waals surface area contributed by atoms with Crippen molar-refractivity contribution in [3.8, 4) is 80.2 Å². The number of benzene rings is 6. The summed E-state index contributed by atoms with van der Waals surface area (Å²) in [5.41, 5.74) is 10.5. The molecule has 6 aromatic carbocycles. The third kappa shape index (κ3) is 7.78. The van der Waals surface area contributed by atoms with E-state index in [9.17, 15) is 10.5 Å². The van der Waals surface area contributed by atoms with Gasteiger partial charge in [-0.15, -0.1) is 0 Å². The molecule has 0 atom stereocenters. The lowest BCUT2D eigenvalue weighted by atomic mass is 9.96. The SMILES string of the molecule is Cc1nc(C)nc(-c2ccc3c(c2)c2cc(-c4nc(C)nc(C)n4)ccc2n3-c2cc(C#N)cc(-n3c4ccc(-c5nc(C)nc(C)n5)cc4c4cc(-c5nc(C)nc(C)n5)ccc43)c2-c2cccc(C#N)c2)n1. The van der Waals surface area contributed by atoms with Gasteiger partial charge in [0.1, 0.15) is 46.6 Å². The van der Waals surface area contributed by atoms with Crippen molar-refractivity contribution in [1.82, 2.24) is 68.9 Å². The molecular weight excluding hydrogens is 921 g/mol. The summed E-state index contributed by atoms with van der Waals surface area (Å²) in [6, 6.07) is 41.1. The smallest absolute Gasteiger partial charge is 0.163 e. The first-order valence-electron chi connectivity index (χ1n) is 23.8. The van der Waals surface area contributed by atoms with E-state index in [1.165, 1.54) is 0 Å². The summed E-state index contributed by atoms with van der Waals surface area (Å²) < 4.78 is 4.40. The number of hydrogen-bond acceptors (Lipinski definition) is 14. The van der Waals surface area contributed by atoms with E-state index in [0.717, 1.165) is 77.0 Å². The van der Waals surface area contributed by atoms with E-state index in [4.69, 9.17) is 39.9 Å². The maximum Gasteiger partial charge on any atom is 0.163 e. The van der Waals surface area contributed by atoms with Crippen molar-refractivity contribution in [2.75, 3.05) is 0 Å². The van der Waals surface area contributed by atoms with E-state index >= 15 is 0 Å². The molecule has 0 saturated carbocycles. The van der Waals surface area contributed by atoms with Crippen LogP contribution in [0, 0.1) is 78.1 Å². The Bertz CT molecular complexity index is 3910. The minimum absolute atomic E-state index is 0.418. The summed E-state index contributed by atoms with van der Waals surface area (Å²) in [4.78, 5) is 55.7. The molecule has 16 nitrogen and oxygen atoms in total. The molecule has 0 N–H and O–H groups in total. The molecule has 0 bridgehead atoms. The van der Waals surface area contributed by atoms with Gasteiger partial charge in [0.15, 0.2) is 23.3 Å². The molecule has 0 aliphatic heterocycles. The molecule has 0 unspecified atom stereocenters. The number of fused-ring (bicyclic) bond motifs is 6. The fourth-order valence-electron chi connectivity index (χ4n) is 10.2. The summed E-state index contributed by atoms with van der Waals surface area (Å²) in [5.74, 6) is 7.16. The largest absolute Gasteiger partial charge is 0.308 e. The average molecular weight is 963 g/mol. The van der Waals surface area contributed by atoms with E-state index in [0.29, 0.717) is 92.4 Å². The molecule has 6 aromatic heterocycles. The minimum atomic E-state index is 0.418. The second-order valence-corrected chi connectivity index (χ2v) is 18.3. The van der Waals surface area contributed by atoms with Crippen LogP contribution in [0.25, 0.3) is 112 Å². The molecule has 0 fully saturated rings. The number of rotatable bonds is 7. The lowest BCUT2D eigenvalue weighted by molar-refractivity contribution is 0.928. The Balaban J connectivity index is 1.20. The molecule has 12 rings (SSSR count). The van der Waals surface area contributed by atoms with Crippen LogP contribution in [0.5, 0.6) is 0 Å². The molecule has 0 amide bonds. The van der Waals surface area contributed by atoms with Crippen LogP contribution in [0.15, 0.2) is 109 Å². The molecule has 0 aliphatic carbocycles. The molecule has 12 aromatic rings. The van der Waals surface area contributed by atoms with Gasteiger partial charge < -0.3 is 9.13 Å². The Hall–Kier alpha value is -10.1. The zero-order chi connectivity index (χ0) is 51.1. The second kappa shape index (κ2) is 17.4. The third-order valence-electron chi connectivity index (χ3n) is 13.0. The number of aromatic nitrogens is 14. The van der Waals surface area contributed by atoms with Gasteiger partial charge in [-0.05, 0) is 158 Å². The molecule has 6 heterocycles. The van der Waals surface area contributed by atoms with Crippen LogP contribution >= 0.6 is 0 Å². The summed E-state index contributed by atoms with van der Waals surface area (Å²) in [6.07, 6.45) is 0. The Morgan fingerprint density at radius 1 is 0.311 bits per heavy atom.